The van der Waals surface area contributed by atoms with E-state index in [1.165, 1.54) is 0 Å². The Labute approximate surface area is 120 Å². The minimum Gasteiger partial charge on any atom is -0.377 e. The number of nitrogens with one attached hydrogen (secondary N) is 1. The molecule has 1 fully saturated rings. The maximum absolute atomic E-state index is 12.1. The number of anilines is 1. The molecule has 1 aliphatic heterocycles. The average molecular weight is 329 g/mol. The second-order valence-electron chi connectivity index (χ2n) is 4.28. The molecular weight excluding hydrogens is 312 g/mol. The second kappa shape index (κ2) is 6.81. The number of carbonyl (C=O) groups excluding carboxylic acids is 1. The summed E-state index contributed by atoms with van der Waals surface area (Å²) in [5.74, 6) is 0.524. The molecular formula is C12H17BrN4O2. The molecule has 0 bridgehead atoms. The molecule has 2 rings (SSSR count). The Bertz CT molecular complexity index is 426. The molecule has 1 aromatic rings. The molecule has 1 aromatic heterocycles. The minimum absolute atomic E-state index is 0.0342. The van der Waals surface area contributed by atoms with Crippen LogP contribution in [-0.4, -0.2) is 48.2 Å². The van der Waals surface area contributed by atoms with E-state index in [-0.39, 0.29) is 11.9 Å². The van der Waals surface area contributed by atoms with Gasteiger partial charge in [-0.05, 0) is 22.4 Å². The first-order valence-electron chi connectivity index (χ1n) is 6.32. The lowest BCUT2D eigenvalue weighted by molar-refractivity contribution is -0.124. The molecule has 6 nitrogen and oxygen atoms in total. The first-order chi connectivity index (χ1) is 9.22. The highest BCUT2D eigenvalue weighted by molar-refractivity contribution is 9.10. The molecule has 1 atom stereocenters. The molecule has 0 radical (unpaired) electrons. The van der Waals surface area contributed by atoms with E-state index in [9.17, 15) is 4.79 Å². The number of hydrogen-bond acceptors (Lipinski definition) is 5. The molecule has 1 amide bonds. The zero-order valence-electron chi connectivity index (χ0n) is 10.8. The van der Waals surface area contributed by atoms with E-state index in [4.69, 9.17) is 4.74 Å². The van der Waals surface area contributed by atoms with Crippen molar-refractivity contribution >= 4 is 27.8 Å². The fourth-order valence-electron chi connectivity index (χ4n) is 1.88. The summed E-state index contributed by atoms with van der Waals surface area (Å²) in [7, 11) is 0. The Kier molecular flexibility index (Phi) is 5.09. The van der Waals surface area contributed by atoms with Crippen LogP contribution in [0, 0.1) is 0 Å². The number of ether oxygens (including phenoxy) is 1. The molecule has 7 heteroatoms. The predicted octanol–water partition coefficient (Wildman–Crippen LogP) is 0.970. The highest BCUT2D eigenvalue weighted by Gasteiger charge is 2.30. The van der Waals surface area contributed by atoms with Gasteiger partial charge in [-0.3, -0.25) is 4.79 Å². The molecule has 0 saturated carbocycles. The van der Waals surface area contributed by atoms with Gasteiger partial charge in [0.25, 0.3) is 0 Å². The third kappa shape index (κ3) is 3.63. The average Bonchev–Trinajstić information content (AvgIpc) is 2.45. The number of hydrogen-bond donors (Lipinski definition) is 1. The van der Waals surface area contributed by atoms with E-state index in [0.717, 1.165) is 10.9 Å². The highest BCUT2D eigenvalue weighted by Crippen LogP contribution is 2.16. The summed E-state index contributed by atoms with van der Waals surface area (Å²) < 4.78 is 6.21. The summed E-state index contributed by atoms with van der Waals surface area (Å²) >= 11 is 3.30. The van der Waals surface area contributed by atoms with Gasteiger partial charge in [-0.2, -0.15) is 0 Å². The van der Waals surface area contributed by atoms with Crippen molar-refractivity contribution in [3.05, 3.63) is 16.9 Å². The van der Waals surface area contributed by atoms with Crippen LogP contribution >= 0.6 is 15.9 Å². The molecule has 19 heavy (non-hydrogen) atoms. The van der Waals surface area contributed by atoms with Crippen molar-refractivity contribution in [2.75, 3.05) is 31.2 Å². The van der Waals surface area contributed by atoms with Gasteiger partial charge in [-0.15, -0.1) is 0 Å². The SMILES string of the molecule is CCCNC(=O)C1COCCN1c1ncc(Br)cn1. The molecule has 0 aliphatic carbocycles. The number of halogens is 1. The number of carbonyl (C=O) groups is 1. The molecule has 0 spiro atoms. The fourth-order valence-corrected chi connectivity index (χ4v) is 2.08. The van der Waals surface area contributed by atoms with Crippen LogP contribution in [0.3, 0.4) is 0 Å². The Hall–Kier alpha value is -1.21. The largest absolute Gasteiger partial charge is 0.377 e. The maximum Gasteiger partial charge on any atom is 0.245 e. The number of nitrogens with zero attached hydrogens (tertiary/aromatic N) is 3. The zero-order valence-corrected chi connectivity index (χ0v) is 12.4. The van der Waals surface area contributed by atoms with E-state index < -0.39 is 0 Å². The van der Waals surface area contributed by atoms with Crippen LogP contribution in [0.5, 0.6) is 0 Å². The lowest BCUT2D eigenvalue weighted by Crippen LogP contribution is -2.54. The molecule has 1 aliphatic rings. The van der Waals surface area contributed by atoms with Crippen molar-refractivity contribution < 1.29 is 9.53 Å². The van der Waals surface area contributed by atoms with Crippen molar-refractivity contribution in [3.8, 4) is 0 Å². The van der Waals surface area contributed by atoms with Crippen LogP contribution in [0.15, 0.2) is 16.9 Å². The smallest absolute Gasteiger partial charge is 0.245 e. The van der Waals surface area contributed by atoms with Gasteiger partial charge in [0.15, 0.2) is 0 Å². The Balaban J connectivity index is 2.11. The van der Waals surface area contributed by atoms with Gasteiger partial charge in [0, 0.05) is 25.5 Å². The van der Waals surface area contributed by atoms with Crippen molar-refractivity contribution in [1.82, 2.24) is 15.3 Å². The van der Waals surface area contributed by atoms with E-state index in [2.05, 4.69) is 31.2 Å². The monoisotopic (exact) mass is 328 g/mol. The van der Waals surface area contributed by atoms with Crippen molar-refractivity contribution in [2.45, 2.75) is 19.4 Å². The quantitative estimate of drug-likeness (QED) is 0.892. The Morgan fingerprint density at radius 2 is 2.32 bits per heavy atom. The lowest BCUT2D eigenvalue weighted by atomic mass is 10.2. The van der Waals surface area contributed by atoms with Gasteiger partial charge >= 0.3 is 0 Å². The summed E-state index contributed by atoms with van der Waals surface area (Å²) in [6.45, 7) is 4.26. The molecule has 2 heterocycles. The predicted molar refractivity (Wildman–Crippen MR) is 75.0 cm³/mol. The topological polar surface area (TPSA) is 67.3 Å². The Morgan fingerprint density at radius 1 is 1.58 bits per heavy atom. The van der Waals surface area contributed by atoms with Crippen LogP contribution in [0.2, 0.25) is 0 Å². The van der Waals surface area contributed by atoms with Crippen molar-refractivity contribution in [1.29, 1.82) is 0 Å². The third-order valence-electron chi connectivity index (χ3n) is 2.84. The summed E-state index contributed by atoms with van der Waals surface area (Å²) in [6.07, 6.45) is 4.27. The number of morpholine rings is 1. The third-order valence-corrected chi connectivity index (χ3v) is 3.25. The number of amides is 1. The zero-order chi connectivity index (χ0) is 13.7. The molecule has 1 unspecified atom stereocenters. The van der Waals surface area contributed by atoms with Crippen LogP contribution in [-0.2, 0) is 9.53 Å². The van der Waals surface area contributed by atoms with Crippen molar-refractivity contribution in [2.24, 2.45) is 0 Å². The van der Waals surface area contributed by atoms with E-state index in [1.807, 2.05) is 11.8 Å². The van der Waals surface area contributed by atoms with Crippen LogP contribution in [0.1, 0.15) is 13.3 Å². The van der Waals surface area contributed by atoms with Gasteiger partial charge in [0.05, 0.1) is 17.7 Å². The van der Waals surface area contributed by atoms with Gasteiger partial charge in [-0.1, -0.05) is 6.92 Å². The summed E-state index contributed by atoms with van der Waals surface area (Å²) in [6, 6.07) is -0.360. The number of rotatable bonds is 4. The first-order valence-corrected chi connectivity index (χ1v) is 7.11. The Morgan fingerprint density at radius 3 is 3.00 bits per heavy atom. The standard InChI is InChI=1S/C12H17BrN4O2/c1-2-3-14-11(18)10-8-19-5-4-17(10)12-15-6-9(13)7-16-12/h6-7,10H,2-5,8H2,1H3,(H,14,18). The van der Waals surface area contributed by atoms with Crippen LogP contribution in [0.4, 0.5) is 5.95 Å². The minimum atomic E-state index is -0.360. The lowest BCUT2D eigenvalue weighted by Gasteiger charge is -2.34. The van der Waals surface area contributed by atoms with Crippen molar-refractivity contribution in [3.63, 3.8) is 0 Å². The van der Waals surface area contributed by atoms with Gasteiger partial charge < -0.3 is 15.0 Å². The maximum atomic E-state index is 12.1. The summed E-state index contributed by atoms with van der Waals surface area (Å²) in [4.78, 5) is 22.5. The van der Waals surface area contributed by atoms with E-state index in [0.29, 0.717) is 32.3 Å². The fraction of sp³-hybridized carbons (Fsp3) is 0.583. The van der Waals surface area contributed by atoms with E-state index in [1.54, 1.807) is 12.4 Å². The van der Waals surface area contributed by atoms with Crippen LogP contribution in [0.25, 0.3) is 0 Å². The summed E-state index contributed by atoms with van der Waals surface area (Å²) in [5.41, 5.74) is 0. The highest BCUT2D eigenvalue weighted by atomic mass is 79.9. The van der Waals surface area contributed by atoms with Gasteiger partial charge in [0.1, 0.15) is 6.04 Å². The van der Waals surface area contributed by atoms with Gasteiger partial charge in [0.2, 0.25) is 11.9 Å². The second-order valence-corrected chi connectivity index (χ2v) is 5.19. The van der Waals surface area contributed by atoms with Crippen LogP contribution < -0.4 is 10.2 Å². The summed E-state index contributed by atoms with van der Waals surface area (Å²) in [5, 5.41) is 2.89. The molecule has 104 valence electrons. The molecule has 1 N–H and O–H groups in total. The molecule has 1 saturated heterocycles. The van der Waals surface area contributed by atoms with Gasteiger partial charge in [-0.25, -0.2) is 9.97 Å². The number of aromatic nitrogens is 2. The normalized spacial score (nSPS) is 19.3. The van der Waals surface area contributed by atoms with E-state index >= 15 is 0 Å². The first kappa shape index (κ1) is 14.2. The molecule has 0 aromatic carbocycles.